The van der Waals surface area contributed by atoms with Crippen LogP contribution in [0, 0.1) is 20.8 Å². The van der Waals surface area contributed by atoms with Crippen molar-refractivity contribution in [2.45, 2.75) is 45.2 Å². The number of halogens is 2. The van der Waals surface area contributed by atoms with Crippen molar-refractivity contribution in [3.05, 3.63) is 98.5 Å². The fraction of sp³-hybridized carbons (Fsp3) is 0.269. The van der Waals surface area contributed by atoms with Crippen molar-refractivity contribution in [3.63, 3.8) is 0 Å². The number of benzene rings is 3. The molecule has 0 heterocycles. The number of carbonyl (C=O) groups is 1. The summed E-state index contributed by atoms with van der Waals surface area (Å²) in [7, 11) is -3.99. The zero-order chi connectivity index (χ0) is 25.0. The molecule has 0 aromatic heterocycles. The van der Waals surface area contributed by atoms with Crippen LogP contribution >= 0.6 is 23.2 Å². The lowest BCUT2D eigenvalue weighted by molar-refractivity contribution is -0.122. The summed E-state index contributed by atoms with van der Waals surface area (Å²) in [6, 6.07) is 16.7. The summed E-state index contributed by atoms with van der Waals surface area (Å²) in [6.07, 6.45) is 0. The number of nitrogens with zero attached hydrogens (tertiary/aromatic N) is 1. The zero-order valence-electron chi connectivity index (χ0n) is 19.6. The van der Waals surface area contributed by atoms with E-state index in [9.17, 15) is 13.2 Å². The summed E-state index contributed by atoms with van der Waals surface area (Å²) < 4.78 is 28.0. The van der Waals surface area contributed by atoms with Crippen molar-refractivity contribution in [2.24, 2.45) is 0 Å². The van der Waals surface area contributed by atoms with Gasteiger partial charge in [0, 0.05) is 16.6 Å². The molecule has 5 nitrogen and oxygen atoms in total. The molecule has 34 heavy (non-hydrogen) atoms. The third-order valence-corrected chi connectivity index (χ3v) is 8.23. The Kier molecular flexibility index (Phi) is 8.42. The normalized spacial score (nSPS) is 12.6. The van der Waals surface area contributed by atoms with Crippen LogP contribution in [0.4, 0.5) is 0 Å². The first kappa shape index (κ1) is 26.2. The highest BCUT2D eigenvalue weighted by molar-refractivity contribution is 7.89. The number of hydrogen-bond donors (Lipinski definition) is 1. The second kappa shape index (κ2) is 10.9. The number of aryl methyl sites for hydroxylation is 3. The highest BCUT2D eigenvalue weighted by atomic mass is 35.5. The van der Waals surface area contributed by atoms with Gasteiger partial charge in [-0.05, 0) is 85.8 Å². The van der Waals surface area contributed by atoms with Gasteiger partial charge in [0.05, 0.1) is 17.5 Å². The van der Waals surface area contributed by atoms with Crippen LogP contribution in [-0.2, 0) is 21.4 Å². The third-order valence-electron chi connectivity index (χ3n) is 5.80. The van der Waals surface area contributed by atoms with Gasteiger partial charge in [-0.25, -0.2) is 8.42 Å². The molecule has 1 amide bonds. The van der Waals surface area contributed by atoms with E-state index in [0.717, 1.165) is 21.0 Å². The molecule has 0 spiro atoms. The maximum atomic E-state index is 13.4. The van der Waals surface area contributed by atoms with E-state index in [-0.39, 0.29) is 24.0 Å². The summed E-state index contributed by atoms with van der Waals surface area (Å²) in [5.74, 6) is -0.408. The van der Waals surface area contributed by atoms with Crippen LogP contribution in [0.15, 0.2) is 65.6 Å². The first-order valence-electron chi connectivity index (χ1n) is 10.8. The molecule has 0 unspecified atom stereocenters. The van der Waals surface area contributed by atoms with E-state index in [4.69, 9.17) is 23.2 Å². The Labute approximate surface area is 211 Å². The maximum absolute atomic E-state index is 13.4. The van der Waals surface area contributed by atoms with E-state index >= 15 is 0 Å². The molecule has 1 atom stereocenters. The Morgan fingerprint density at radius 2 is 1.56 bits per heavy atom. The van der Waals surface area contributed by atoms with Crippen molar-refractivity contribution < 1.29 is 13.2 Å². The Morgan fingerprint density at radius 3 is 2.21 bits per heavy atom. The first-order valence-corrected chi connectivity index (χ1v) is 13.0. The van der Waals surface area contributed by atoms with Gasteiger partial charge in [-0.3, -0.25) is 4.79 Å². The molecule has 8 heteroatoms. The summed E-state index contributed by atoms with van der Waals surface area (Å²) in [5, 5.41) is 3.80. The van der Waals surface area contributed by atoms with Crippen LogP contribution in [-0.4, -0.2) is 25.2 Å². The van der Waals surface area contributed by atoms with E-state index in [1.807, 2.05) is 27.7 Å². The molecule has 0 aliphatic carbocycles. The molecule has 0 radical (unpaired) electrons. The lowest BCUT2D eigenvalue weighted by atomic mass is 9.96. The van der Waals surface area contributed by atoms with Gasteiger partial charge in [0.1, 0.15) is 0 Å². The molecule has 0 fully saturated rings. The molecule has 3 aromatic carbocycles. The fourth-order valence-corrected chi connectivity index (χ4v) is 5.47. The second-order valence-corrected chi connectivity index (χ2v) is 11.2. The largest absolute Gasteiger partial charge is 0.348 e. The van der Waals surface area contributed by atoms with E-state index in [1.54, 1.807) is 24.3 Å². The average Bonchev–Trinajstić information content (AvgIpc) is 2.77. The van der Waals surface area contributed by atoms with Gasteiger partial charge in [0.2, 0.25) is 15.9 Å². The van der Waals surface area contributed by atoms with Crippen LogP contribution in [0.25, 0.3) is 0 Å². The van der Waals surface area contributed by atoms with Crippen molar-refractivity contribution in [1.82, 2.24) is 9.62 Å². The van der Waals surface area contributed by atoms with Gasteiger partial charge < -0.3 is 5.32 Å². The summed E-state index contributed by atoms with van der Waals surface area (Å²) in [4.78, 5) is 13.1. The molecule has 0 bridgehead atoms. The van der Waals surface area contributed by atoms with Gasteiger partial charge in [-0.15, -0.1) is 0 Å². The van der Waals surface area contributed by atoms with Crippen LogP contribution < -0.4 is 5.32 Å². The predicted molar refractivity (Wildman–Crippen MR) is 138 cm³/mol. The van der Waals surface area contributed by atoms with Crippen LogP contribution in [0.5, 0.6) is 0 Å². The van der Waals surface area contributed by atoms with Gasteiger partial charge in [0.25, 0.3) is 0 Å². The smallest absolute Gasteiger partial charge is 0.243 e. The third kappa shape index (κ3) is 6.19. The molecular weight excluding hydrogens is 491 g/mol. The fourth-order valence-electron chi connectivity index (χ4n) is 3.77. The van der Waals surface area contributed by atoms with Crippen LogP contribution in [0.2, 0.25) is 10.0 Å². The molecule has 0 saturated heterocycles. The van der Waals surface area contributed by atoms with Gasteiger partial charge in [0.15, 0.2) is 0 Å². The van der Waals surface area contributed by atoms with Crippen LogP contribution in [0.1, 0.15) is 40.8 Å². The number of sulfonamides is 1. The lowest BCUT2D eigenvalue weighted by Crippen LogP contribution is -2.41. The topological polar surface area (TPSA) is 66.5 Å². The summed E-state index contributed by atoms with van der Waals surface area (Å²) >= 11 is 12.2. The van der Waals surface area contributed by atoms with E-state index in [2.05, 4.69) is 17.4 Å². The molecule has 1 N–H and O–H groups in total. The van der Waals surface area contributed by atoms with E-state index in [0.29, 0.717) is 15.6 Å². The van der Waals surface area contributed by atoms with Crippen molar-refractivity contribution in [2.75, 3.05) is 6.54 Å². The Balaban J connectivity index is 1.87. The number of carbonyl (C=O) groups excluding carboxylic acids is 1. The highest BCUT2D eigenvalue weighted by Crippen LogP contribution is 2.25. The maximum Gasteiger partial charge on any atom is 0.243 e. The van der Waals surface area contributed by atoms with Crippen molar-refractivity contribution in [1.29, 1.82) is 0 Å². The van der Waals surface area contributed by atoms with Crippen molar-refractivity contribution >= 4 is 39.1 Å². The quantitative estimate of drug-likeness (QED) is 0.398. The minimum atomic E-state index is -3.99. The Bertz CT molecular complexity index is 1290. The molecule has 0 aliphatic heterocycles. The van der Waals surface area contributed by atoms with Gasteiger partial charge in [-0.2, -0.15) is 4.31 Å². The standard InChI is InChI=1S/C26H28Cl2N2O3S/c1-17-13-19(3)24(14-18(17)2)20(4)29-26(31)16-30(15-21-7-5-6-8-25(21)28)34(32,33)23-11-9-22(27)10-12-23/h5-14,20H,15-16H2,1-4H3,(H,29,31)/t20-/m0/s1. The molecule has 3 aromatic rings. The molecule has 0 saturated carbocycles. The average molecular weight is 519 g/mol. The molecule has 3 rings (SSSR count). The summed E-state index contributed by atoms with van der Waals surface area (Å²) in [6.45, 7) is 7.56. The monoisotopic (exact) mass is 518 g/mol. The number of nitrogens with one attached hydrogen (secondary N) is 1. The molecule has 0 aliphatic rings. The van der Waals surface area contributed by atoms with Crippen molar-refractivity contribution in [3.8, 4) is 0 Å². The minimum Gasteiger partial charge on any atom is -0.348 e. The number of rotatable bonds is 8. The summed E-state index contributed by atoms with van der Waals surface area (Å²) in [5.41, 5.74) is 4.98. The number of hydrogen-bond acceptors (Lipinski definition) is 3. The van der Waals surface area contributed by atoms with Gasteiger partial charge in [-0.1, -0.05) is 53.5 Å². The zero-order valence-corrected chi connectivity index (χ0v) is 21.9. The van der Waals surface area contributed by atoms with Crippen LogP contribution in [0.3, 0.4) is 0 Å². The Morgan fingerprint density at radius 1 is 0.941 bits per heavy atom. The second-order valence-electron chi connectivity index (χ2n) is 8.40. The lowest BCUT2D eigenvalue weighted by Gasteiger charge is -2.24. The SMILES string of the molecule is Cc1cc(C)c([C@H](C)NC(=O)CN(Cc2ccccc2Cl)S(=O)(=O)c2ccc(Cl)cc2)cc1C. The van der Waals surface area contributed by atoms with E-state index < -0.39 is 15.9 Å². The van der Waals surface area contributed by atoms with Gasteiger partial charge >= 0.3 is 0 Å². The predicted octanol–water partition coefficient (Wildman–Crippen LogP) is 5.99. The minimum absolute atomic E-state index is 0.0465. The highest BCUT2D eigenvalue weighted by Gasteiger charge is 2.28. The first-order chi connectivity index (χ1) is 16.0. The van der Waals surface area contributed by atoms with E-state index in [1.165, 1.54) is 29.8 Å². The number of amides is 1. The molecular formula is C26H28Cl2N2O3S. The molecule has 180 valence electrons. The Hall–Kier alpha value is -2.38.